The van der Waals surface area contributed by atoms with Gasteiger partial charge in [-0.05, 0) is 43.1 Å². The lowest BCUT2D eigenvalue weighted by Crippen LogP contribution is -2.38. The van der Waals surface area contributed by atoms with Crippen molar-refractivity contribution in [2.75, 3.05) is 19.8 Å². The summed E-state index contributed by atoms with van der Waals surface area (Å²) >= 11 is 3.49. The zero-order chi connectivity index (χ0) is 13.0. The van der Waals surface area contributed by atoms with E-state index in [1.165, 1.54) is 6.07 Å². The fourth-order valence-corrected chi connectivity index (χ4v) is 2.88. The zero-order valence-corrected chi connectivity index (χ0v) is 12.2. The van der Waals surface area contributed by atoms with Gasteiger partial charge < -0.3 is 10.1 Å². The number of hydrogen-bond donors (Lipinski definition) is 1. The molecule has 1 saturated heterocycles. The summed E-state index contributed by atoms with van der Waals surface area (Å²) in [6.07, 6.45) is 1.92. The summed E-state index contributed by atoms with van der Waals surface area (Å²) in [6, 6.07) is 5.23. The van der Waals surface area contributed by atoms with Crippen LogP contribution in [0.25, 0.3) is 0 Å². The van der Waals surface area contributed by atoms with Crippen LogP contribution in [0.15, 0.2) is 22.7 Å². The van der Waals surface area contributed by atoms with Gasteiger partial charge in [0.2, 0.25) is 0 Å². The molecule has 4 heteroatoms. The summed E-state index contributed by atoms with van der Waals surface area (Å²) in [4.78, 5) is 0. The molecule has 1 heterocycles. The van der Waals surface area contributed by atoms with Gasteiger partial charge in [-0.15, -0.1) is 0 Å². The van der Waals surface area contributed by atoms with Gasteiger partial charge in [0.15, 0.2) is 0 Å². The zero-order valence-electron chi connectivity index (χ0n) is 10.6. The van der Waals surface area contributed by atoms with Crippen LogP contribution in [-0.2, 0) is 11.2 Å². The van der Waals surface area contributed by atoms with Crippen LogP contribution in [0, 0.1) is 11.7 Å². The Morgan fingerprint density at radius 2 is 2.39 bits per heavy atom. The van der Waals surface area contributed by atoms with E-state index >= 15 is 0 Å². The van der Waals surface area contributed by atoms with E-state index in [0.717, 1.165) is 42.6 Å². The highest BCUT2D eigenvalue weighted by Crippen LogP contribution is 2.24. The average molecular weight is 316 g/mol. The Labute approximate surface area is 116 Å². The summed E-state index contributed by atoms with van der Waals surface area (Å²) < 4.78 is 19.7. The molecule has 1 N–H and O–H groups in total. The SMILES string of the molecule is CCNC(Cc1cc(F)ccc1Br)C1CCOC1. The Morgan fingerprint density at radius 3 is 3.06 bits per heavy atom. The first-order valence-corrected chi connectivity index (χ1v) is 7.25. The van der Waals surface area contributed by atoms with E-state index < -0.39 is 0 Å². The summed E-state index contributed by atoms with van der Waals surface area (Å²) in [5.41, 5.74) is 1.02. The molecule has 0 aliphatic carbocycles. The average Bonchev–Trinajstić information content (AvgIpc) is 2.87. The van der Waals surface area contributed by atoms with Gasteiger partial charge in [-0.1, -0.05) is 22.9 Å². The Balaban J connectivity index is 2.09. The topological polar surface area (TPSA) is 21.3 Å². The maximum Gasteiger partial charge on any atom is 0.123 e. The van der Waals surface area contributed by atoms with Gasteiger partial charge in [0, 0.05) is 23.0 Å². The second kappa shape index (κ2) is 6.64. The highest BCUT2D eigenvalue weighted by Gasteiger charge is 2.25. The molecule has 2 unspecified atom stereocenters. The van der Waals surface area contributed by atoms with E-state index in [9.17, 15) is 4.39 Å². The Bertz CT molecular complexity index is 393. The highest BCUT2D eigenvalue weighted by atomic mass is 79.9. The first kappa shape index (κ1) is 14.0. The second-order valence-electron chi connectivity index (χ2n) is 4.73. The number of halogens is 2. The minimum Gasteiger partial charge on any atom is -0.381 e. The molecule has 18 heavy (non-hydrogen) atoms. The summed E-state index contributed by atoms with van der Waals surface area (Å²) in [6.45, 7) is 4.68. The van der Waals surface area contributed by atoms with Crippen LogP contribution in [0.4, 0.5) is 4.39 Å². The Kier molecular flexibility index (Phi) is 5.15. The molecule has 0 bridgehead atoms. The lowest BCUT2D eigenvalue weighted by atomic mass is 9.93. The van der Waals surface area contributed by atoms with Crippen molar-refractivity contribution in [2.24, 2.45) is 5.92 Å². The summed E-state index contributed by atoms with van der Waals surface area (Å²) in [5.74, 6) is 0.353. The van der Waals surface area contributed by atoms with Gasteiger partial charge in [0.1, 0.15) is 5.82 Å². The minimum absolute atomic E-state index is 0.175. The van der Waals surface area contributed by atoms with Crippen molar-refractivity contribution in [1.29, 1.82) is 0 Å². The van der Waals surface area contributed by atoms with Crippen molar-refractivity contribution >= 4 is 15.9 Å². The molecule has 0 radical (unpaired) electrons. The van der Waals surface area contributed by atoms with Crippen LogP contribution in [-0.4, -0.2) is 25.8 Å². The second-order valence-corrected chi connectivity index (χ2v) is 5.58. The molecule has 0 saturated carbocycles. The van der Waals surface area contributed by atoms with Crippen molar-refractivity contribution in [3.8, 4) is 0 Å². The smallest absolute Gasteiger partial charge is 0.123 e. The largest absolute Gasteiger partial charge is 0.381 e. The molecule has 0 aromatic heterocycles. The number of benzene rings is 1. The summed E-state index contributed by atoms with van der Waals surface area (Å²) in [5, 5.41) is 3.50. The highest BCUT2D eigenvalue weighted by molar-refractivity contribution is 9.10. The van der Waals surface area contributed by atoms with Crippen molar-refractivity contribution in [3.63, 3.8) is 0 Å². The standard InChI is InChI=1S/C14H19BrFNO/c1-2-17-14(10-5-6-18-9-10)8-11-7-12(16)3-4-13(11)15/h3-4,7,10,14,17H,2,5-6,8-9H2,1H3. The Morgan fingerprint density at radius 1 is 1.56 bits per heavy atom. The predicted octanol–water partition coefficient (Wildman–Crippen LogP) is 3.15. The quantitative estimate of drug-likeness (QED) is 0.901. The number of nitrogens with one attached hydrogen (secondary N) is 1. The predicted molar refractivity (Wildman–Crippen MR) is 74.2 cm³/mol. The summed E-state index contributed by atoms with van der Waals surface area (Å²) in [7, 11) is 0. The monoisotopic (exact) mass is 315 g/mol. The van der Waals surface area contributed by atoms with E-state index in [2.05, 4.69) is 28.2 Å². The first-order chi connectivity index (χ1) is 8.70. The first-order valence-electron chi connectivity index (χ1n) is 6.45. The normalized spacial score (nSPS) is 21.2. The number of hydrogen-bond acceptors (Lipinski definition) is 2. The Hall–Kier alpha value is -0.450. The molecule has 1 aromatic rings. The van der Waals surface area contributed by atoms with E-state index in [1.54, 1.807) is 12.1 Å². The van der Waals surface area contributed by atoms with Crippen LogP contribution in [0.1, 0.15) is 18.9 Å². The fourth-order valence-electron chi connectivity index (χ4n) is 2.47. The minimum atomic E-state index is -0.175. The van der Waals surface area contributed by atoms with Crippen molar-refractivity contribution in [2.45, 2.75) is 25.8 Å². The van der Waals surface area contributed by atoms with Crippen molar-refractivity contribution < 1.29 is 9.13 Å². The van der Waals surface area contributed by atoms with Crippen molar-refractivity contribution in [1.82, 2.24) is 5.32 Å². The maximum absolute atomic E-state index is 13.3. The third kappa shape index (κ3) is 3.53. The molecular formula is C14H19BrFNO. The van der Waals surface area contributed by atoms with Gasteiger partial charge in [0.25, 0.3) is 0 Å². The fraction of sp³-hybridized carbons (Fsp3) is 0.571. The van der Waals surface area contributed by atoms with Crippen molar-refractivity contribution in [3.05, 3.63) is 34.1 Å². The molecule has 0 spiro atoms. The van der Waals surface area contributed by atoms with Gasteiger partial charge in [-0.3, -0.25) is 0 Å². The molecule has 1 aliphatic heterocycles. The molecule has 2 atom stereocenters. The van der Waals surface area contributed by atoms with E-state index in [1.807, 2.05) is 0 Å². The van der Waals surface area contributed by atoms with Gasteiger partial charge in [0.05, 0.1) is 6.61 Å². The van der Waals surface area contributed by atoms with Crippen LogP contribution in [0.3, 0.4) is 0 Å². The molecule has 1 fully saturated rings. The van der Waals surface area contributed by atoms with Gasteiger partial charge in [-0.25, -0.2) is 4.39 Å². The molecule has 1 aromatic carbocycles. The lowest BCUT2D eigenvalue weighted by Gasteiger charge is -2.24. The molecule has 2 nitrogen and oxygen atoms in total. The van der Waals surface area contributed by atoms with Crippen LogP contribution in [0.2, 0.25) is 0 Å². The molecule has 1 aliphatic rings. The van der Waals surface area contributed by atoms with E-state index in [-0.39, 0.29) is 5.82 Å². The third-order valence-corrected chi connectivity index (χ3v) is 4.22. The van der Waals surface area contributed by atoms with E-state index in [4.69, 9.17) is 4.74 Å². The third-order valence-electron chi connectivity index (χ3n) is 3.45. The van der Waals surface area contributed by atoms with Gasteiger partial charge in [-0.2, -0.15) is 0 Å². The number of rotatable bonds is 5. The van der Waals surface area contributed by atoms with Crippen LogP contribution in [0.5, 0.6) is 0 Å². The van der Waals surface area contributed by atoms with Crippen LogP contribution < -0.4 is 5.32 Å². The maximum atomic E-state index is 13.3. The molecule has 100 valence electrons. The number of ether oxygens (including phenoxy) is 1. The number of likely N-dealkylation sites (N-methyl/N-ethyl adjacent to an activating group) is 1. The molecule has 0 amide bonds. The van der Waals surface area contributed by atoms with Crippen LogP contribution >= 0.6 is 15.9 Å². The molecule has 2 rings (SSSR count). The van der Waals surface area contributed by atoms with E-state index in [0.29, 0.717) is 12.0 Å². The van der Waals surface area contributed by atoms with Gasteiger partial charge >= 0.3 is 0 Å². The molecular weight excluding hydrogens is 297 g/mol. The lowest BCUT2D eigenvalue weighted by molar-refractivity contribution is 0.176.